The maximum atomic E-state index is 9.44. The minimum atomic E-state index is 0.383. The summed E-state index contributed by atoms with van der Waals surface area (Å²) in [5, 5.41) is 11.8. The summed E-state index contributed by atoms with van der Waals surface area (Å²) in [5.41, 5.74) is 7.82. The number of rotatable bonds is 5. The van der Waals surface area contributed by atoms with Crippen molar-refractivity contribution in [2.75, 3.05) is 0 Å². The van der Waals surface area contributed by atoms with Crippen LogP contribution in [0.4, 0.5) is 0 Å². The van der Waals surface area contributed by atoms with Gasteiger partial charge in [0.1, 0.15) is 0 Å². The maximum Gasteiger partial charge on any atom is 0.164 e. The van der Waals surface area contributed by atoms with Crippen molar-refractivity contribution in [3.05, 3.63) is 126 Å². The molecular formula is C44H34N4S. The first-order valence-electron chi connectivity index (χ1n) is 17.5. The Kier molecular flexibility index (Phi) is 6.57. The second kappa shape index (κ2) is 11.2. The lowest BCUT2D eigenvalue weighted by Crippen LogP contribution is -2.48. The molecule has 0 N–H and O–H groups in total. The van der Waals surface area contributed by atoms with E-state index in [1.54, 1.807) is 16.9 Å². The molecule has 4 bridgehead atoms. The van der Waals surface area contributed by atoms with E-state index in [4.69, 9.17) is 15.0 Å². The van der Waals surface area contributed by atoms with Crippen LogP contribution in [0.5, 0.6) is 0 Å². The van der Waals surface area contributed by atoms with E-state index in [0.717, 1.165) is 54.8 Å². The minimum Gasteiger partial charge on any atom is -0.208 e. The zero-order valence-electron chi connectivity index (χ0n) is 27.1. The molecule has 4 fully saturated rings. The van der Waals surface area contributed by atoms with Crippen LogP contribution in [-0.4, -0.2) is 15.0 Å². The Bertz CT molecular complexity index is 2400. The fourth-order valence-corrected chi connectivity index (χ4v) is 10.9. The van der Waals surface area contributed by atoms with Gasteiger partial charge >= 0.3 is 0 Å². The summed E-state index contributed by atoms with van der Waals surface area (Å²) >= 11 is 1.70. The molecule has 0 radical (unpaired) electrons. The Morgan fingerprint density at radius 1 is 0.551 bits per heavy atom. The van der Waals surface area contributed by atoms with E-state index in [1.165, 1.54) is 49.5 Å². The molecule has 4 saturated carbocycles. The van der Waals surface area contributed by atoms with E-state index < -0.39 is 0 Å². The van der Waals surface area contributed by atoms with Crippen LogP contribution in [0.15, 0.2) is 115 Å². The lowest BCUT2D eigenvalue weighted by atomic mass is 9.48. The van der Waals surface area contributed by atoms with Gasteiger partial charge in [0.25, 0.3) is 0 Å². The highest BCUT2D eigenvalue weighted by Gasteiger charge is 2.51. The molecule has 0 unspecified atom stereocenters. The first kappa shape index (κ1) is 28.8. The fourth-order valence-electron chi connectivity index (χ4n) is 9.72. The summed E-state index contributed by atoms with van der Waals surface area (Å²) in [7, 11) is 0. The highest BCUT2D eigenvalue weighted by Crippen LogP contribution is 2.60. The molecule has 0 saturated heterocycles. The molecule has 4 nitrogen and oxygen atoms in total. The number of hydrogen-bond acceptors (Lipinski definition) is 5. The van der Waals surface area contributed by atoms with Gasteiger partial charge < -0.3 is 0 Å². The van der Waals surface area contributed by atoms with Crippen LogP contribution in [-0.2, 0) is 5.41 Å². The number of fused-ring (bicyclic) bond motifs is 3. The van der Waals surface area contributed by atoms with Crippen molar-refractivity contribution in [1.29, 1.82) is 5.26 Å². The van der Waals surface area contributed by atoms with Gasteiger partial charge in [-0.2, -0.15) is 5.26 Å². The van der Waals surface area contributed by atoms with Crippen molar-refractivity contribution in [2.24, 2.45) is 17.8 Å². The number of benzene rings is 5. The summed E-state index contributed by atoms with van der Waals surface area (Å²) in [4.78, 5) is 15.3. The summed E-state index contributed by atoms with van der Waals surface area (Å²) in [5.74, 6) is 4.76. The average molecular weight is 651 g/mol. The second-order valence-corrected chi connectivity index (χ2v) is 15.7. The van der Waals surface area contributed by atoms with Gasteiger partial charge in [-0.15, -0.1) is 11.3 Å². The van der Waals surface area contributed by atoms with Gasteiger partial charge in [-0.05, 0) is 96.6 Å². The third kappa shape index (κ3) is 4.89. The number of nitriles is 1. The third-order valence-electron chi connectivity index (χ3n) is 11.5. The zero-order valence-corrected chi connectivity index (χ0v) is 28.0. The van der Waals surface area contributed by atoms with Crippen LogP contribution < -0.4 is 0 Å². The average Bonchev–Trinajstić information content (AvgIpc) is 3.51. The van der Waals surface area contributed by atoms with Gasteiger partial charge in [-0.25, -0.2) is 15.0 Å². The Labute approximate surface area is 290 Å². The molecule has 0 amide bonds. The molecule has 0 spiro atoms. The van der Waals surface area contributed by atoms with Gasteiger partial charge in [-0.1, -0.05) is 97.1 Å². The normalized spacial score (nSPS) is 22.5. The van der Waals surface area contributed by atoms with Crippen LogP contribution in [0.25, 0.3) is 65.5 Å². The Hall–Kier alpha value is -5.18. The molecule has 0 atom stereocenters. The Balaban J connectivity index is 1.07. The predicted octanol–water partition coefficient (Wildman–Crippen LogP) is 11.2. The van der Waals surface area contributed by atoms with Crippen molar-refractivity contribution in [2.45, 2.75) is 43.9 Å². The van der Waals surface area contributed by atoms with Crippen molar-refractivity contribution in [3.63, 3.8) is 0 Å². The van der Waals surface area contributed by atoms with Gasteiger partial charge in [0.15, 0.2) is 17.5 Å². The van der Waals surface area contributed by atoms with Crippen LogP contribution in [0.3, 0.4) is 0 Å². The standard InChI is InChI=1S/C44H34N4S/c45-26-27-10-16-36-37-17-13-33(22-40(37)49-39(36)21-27)42-46-41(32-6-2-1-3-7-32)47-43(48-42)38-9-5-4-8-35(38)31-11-14-34(15-12-31)44-23-28-18-29(24-44)20-30(19-28)25-44/h1-17,21-22,28-30H,18-20,23-25H2. The van der Waals surface area contributed by atoms with Gasteiger partial charge in [0.05, 0.1) is 11.6 Å². The lowest BCUT2D eigenvalue weighted by molar-refractivity contribution is -0.00518. The van der Waals surface area contributed by atoms with E-state index in [2.05, 4.69) is 84.9 Å². The first-order valence-corrected chi connectivity index (χ1v) is 18.3. The number of nitrogens with zero attached hydrogens (tertiary/aromatic N) is 4. The van der Waals surface area contributed by atoms with Crippen molar-refractivity contribution in [3.8, 4) is 51.4 Å². The molecule has 49 heavy (non-hydrogen) atoms. The van der Waals surface area contributed by atoms with Gasteiger partial charge in [0, 0.05) is 36.9 Å². The van der Waals surface area contributed by atoms with E-state index >= 15 is 0 Å². The zero-order chi connectivity index (χ0) is 32.5. The third-order valence-corrected chi connectivity index (χ3v) is 12.7. The molecule has 7 aromatic rings. The highest BCUT2D eigenvalue weighted by molar-refractivity contribution is 7.25. The molecule has 5 heteroatoms. The molecule has 2 aromatic heterocycles. The maximum absolute atomic E-state index is 9.44. The van der Waals surface area contributed by atoms with Gasteiger partial charge in [0.2, 0.25) is 0 Å². The van der Waals surface area contributed by atoms with E-state index in [-0.39, 0.29) is 0 Å². The number of hydrogen-bond donors (Lipinski definition) is 0. The number of thiophene rings is 1. The Morgan fingerprint density at radius 3 is 1.82 bits per heavy atom. The molecule has 4 aliphatic rings. The highest BCUT2D eigenvalue weighted by atomic mass is 32.1. The smallest absolute Gasteiger partial charge is 0.164 e. The molecule has 4 aliphatic carbocycles. The summed E-state index contributed by atoms with van der Waals surface area (Å²) in [6.45, 7) is 0. The van der Waals surface area contributed by atoms with E-state index in [1.807, 2.05) is 36.4 Å². The lowest BCUT2D eigenvalue weighted by Gasteiger charge is -2.57. The first-order chi connectivity index (χ1) is 24.1. The second-order valence-electron chi connectivity index (χ2n) is 14.6. The van der Waals surface area contributed by atoms with Gasteiger partial charge in [-0.3, -0.25) is 0 Å². The fraction of sp³-hybridized carbons (Fsp3) is 0.227. The summed E-state index contributed by atoms with van der Waals surface area (Å²) < 4.78 is 2.25. The van der Waals surface area contributed by atoms with Crippen molar-refractivity contribution >= 4 is 31.5 Å². The molecular weight excluding hydrogens is 617 g/mol. The predicted molar refractivity (Wildman–Crippen MR) is 199 cm³/mol. The molecule has 2 heterocycles. The number of aromatic nitrogens is 3. The van der Waals surface area contributed by atoms with E-state index in [0.29, 0.717) is 28.5 Å². The topological polar surface area (TPSA) is 62.5 Å². The molecule has 0 aliphatic heterocycles. The molecule has 11 rings (SSSR count). The SMILES string of the molecule is N#Cc1ccc2c(c1)sc1cc(-c3nc(-c4ccccc4)nc(-c4ccccc4-c4ccc(C56CC7CC(CC(C7)C5)C6)cc4)n3)ccc12. The monoisotopic (exact) mass is 650 g/mol. The van der Waals surface area contributed by atoms with Crippen molar-refractivity contribution in [1.82, 2.24) is 15.0 Å². The van der Waals surface area contributed by atoms with Crippen LogP contribution in [0.2, 0.25) is 0 Å². The van der Waals surface area contributed by atoms with Crippen LogP contribution in [0, 0.1) is 29.1 Å². The molecule has 5 aromatic carbocycles. The van der Waals surface area contributed by atoms with Crippen molar-refractivity contribution < 1.29 is 0 Å². The quantitative estimate of drug-likeness (QED) is 0.186. The van der Waals surface area contributed by atoms with Crippen LogP contribution >= 0.6 is 11.3 Å². The summed E-state index contributed by atoms with van der Waals surface area (Å²) in [6.07, 6.45) is 8.51. The minimum absolute atomic E-state index is 0.383. The molecule has 236 valence electrons. The largest absolute Gasteiger partial charge is 0.208 e. The Morgan fingerprint density at radius 2 is 1.12 bits per heavy atom. The summed E-state index contributed by atoms with van der Waals surface area (Å²) in [6, 6.07) is 42.8. The van der Waals surface area contributed by atoms with E-state index in [9.17, 15) is 5.26 Å². The van der Waals surface area contributed by atoms with Crippen LogP contribution in [0.1, 0.15) is 49.7 Å².